The second-order valence-corrected chi connectivity index (χ2v) is 0. The second-order valence-electron chi connectivity index (χ2n) is 0. The predicted molar refractivity (Wildman–Crippen MR) is 25.1 cm³/mol. The van der Waals surface area contributed by atoms with Crippen LogP contribution in [0.4, 0.5) is 0 Å². The van der Waals surface area contributed by atoms with Crippen molar-refractivity contribution >= 4 is 82.5 Å². The summed E-state index contributed by atoms with van der Waals surface area (Å²) < 4.78 is 0. The van der Waals surface area contributed by atoms with Gasteiger partial charge in [-0.05, 0) is 0 Å². The van der Waals surface area contributed by atoms with Crippen molar-refractivity contribution in [1.29, 1.82) is 0 Å². The second kappa shape index (κ2) is 75.2. The van der Waals surface area contributed by atoms with E-state index in [-0.39, 0.29) is 99.0 Å². The minimum atomic E-state index is 0. The summed E-state index contributed by atoms with van der Waals surface area (Å²) in [5.41, 5.74) is 0. The molecule has 0 amide bonds. The molecule has 3 nitrogen and oxygen atoms in total. The molecule has 7 heavy (non-hydrogen) atoms. The summed E-state index contributed by atoms with van der Waals surface area (Å²) in [6, 6.07) is 0. The van der Waals surface area contributed by atoms with Gasteiger partial charge in [-0.2, -0.15) is 0 Å². The molecule has 0 atom stereocenters. The van der Waals surface area contributed by atoms with Gasteiger partial charge in [0.15, 0.2) is 0 Å². The molecule has 0 spiro atoms. The van der Waals surface area contributed by atoms with Gasteiger partial charge in [-0.1, -0.05) is 0 Å². The fourth-order valence-electron chi connectivity index (χ4n) is 0. The Labute approximate surface area is 97.7 Å². The molecule has 32 valence electrons. The van der Waals surface area contributed by atoms with Crippen LogP contribution in [0.25, 0.3) is 0 Å². The summed E-state index contributed by atoms with van der Waals surface area (Å²) in [6.07, 6.45) is 0. The molecule has 0 bridgehead atoms. The van der Waals surface area contributed by atoms with Gasteiger partial charge in [0.25, 0.3) is 0 Å². The fourth-order valence-corrected chi connectivity index (χ4v) is 0. The maximum atomic E-state index is 0. The van der Waals surface area contributed by atoms with Crippen LogP contribution in [0.1, 0.15) is 0 Å². The number of hydrogen-bond acceptors (Lipinski definition) is 0. The first-order valence-corrected chi connectivity index (χ1v) is 0. The monoisotopic (exact) mass is 342 g/mol. The van der Waals surface area contributed by atoms with E-state index in [2.05, 4.69) is 0 Å². The van der Waals surface area contributed by atoms with E-state index in [9.17, 15) is 0 Å². The number of hydrogen-bond donors (Lipinski definition) is 0. The molecule has 0 rings (SSSR count). The predicted octanol–water partition coefficient (Wildman–Crippen LogP) is -1.88. The van der Waals surface area contributed by atoms with Crippen LogP contribution < -0.4 is 0 Å². The smallest absolute Gasteiger partial charge is 2.00 e. The molecule has 0 saturated carbocycles. The van der Waals surface area contributed by atoms with Gasteiger partial charge in [-0.3, -0.25) is 0 Å². The third kappa shape index (κ3) is 56.6. The topological polar surface area (TPSA) is 85.5 Å². The van der Waals surface area contributed by atoms with Crippen molar-refractivity contribution in [3.05, 3.63) is 0 Å². The first kappa shape index (κ1) is 108. The molecule has 0 saturated heterocycles. The number of rotatable bonds is 0. The summed E-state index contributed by atoms with van der Waals surface area (Å²) in [4.78, 5) is 0. The van der Waals surface area contributed by atoms with Crippen molar-refractivity contribution < 1.29 is 16.4 Å². The Hall–Kier alpha value is 2.54. The molecule has 0 aliphatic carbocycles. The molecule has 0 aromatic heterocycles. The van der Waals surface area contributed by atoms with Gasteiger partial charge >= 0.3 is 34.7 Å². The Balaban J connectivity index is 0. The van der Waals surface area contributed by atoms with Crippen LogP contribution in [0, 0.1) is 0 Å². The molecule has 8 radical (unpaired) electrons. The van der Waals surface area contributed by atoms with E-state index in [1.54, 1.807) is 0 Å². The van der Waals surface area contributed by atoms with Crippen molar-refractivity contribution in [1.82, 2.24) is 0 Å². The molecule has 0 aliphatic heterocycles. The Bertz CT molecular complexity index is 10.9. The van der Waals surface area contributed by atoms with E-state index in [1.807, 2.05) is 0 Å². The van der Waals surface area contributed by atoms with Gasteiger partial charge in [0, 0.05) is 47.8 Å². The normalized spacial score (nSPS) is 0. The zero-order valence-corrected chi connectivity index (χ0v) is 11.4. The molecule has 0 aliphatic rings. The summed E-state index contributed by atoms with van der Waals surface area (Å²) in [7, 11) is 0. The molecule has 0 aromatic carbocycles. The van der Waals surface area contributed by atoms with Gasteiger partial charge in [0.1, 0.15) is 0 Å². The molecule has 0 aromatic rings. The maximum Gasteiger partial charge on any atom is 3.00 e. The fraction of sp³-hybridized carbons (Fsp3) is 0. The van der Waals surface area contributed by atoms with Crippen LogP contribution >= 0.6 is 0 Å². The van der Waals surface area contributed by atoms with Crippen LogP contribution in [0.15, 0.2) is 0 Å². The zero-order valence-electron chi connectivity index (χ0n) is 3.38. The SMILES string of the molecule is [Al+3].[Al+3].[O-2].[O-2].[O-2].[Sn].[Sn]. The van der Waals surface area contributed by atoms with Crippen molar-refractivity contribution in [2.45, 2.75) is 0 Å². The van der Waals surface area contributed by atoms with Crippen LogP contribution in [-0.4, -0.2) is 82.5 Å². The quantitative estimate of drug-likeness (QED) is 0.463. The molecule has 0 unspecified atom stereocenters. The van der Waals surface area contributed by atoms with Gasteiger partial charge < -0.3 is 16.4 Å². The van der Waals surface area contributed by atoms with Crippen molar-refractivity contribution in [3.8, 4) is 0 Å². The van der Waals surface area contributed by atoms with Crippen molar-refractivity contribution in [2.75, 3.05) is 0 Å². The third-order valence-corrected chi connectivity index (χ3v) is 0. The largest absolute Gasteiger partial charge is 3.00 e. The summed E-state index contributed by atoms with van der Waals surface area (Å²) >= 11 is 0. The van der Waals surface area contributed by atoms with Crippen molar-refractivity contribution in [3.63, 3.8) is 0 Å². The Morgan fingerprint density at radius 3 is 0.429 bits per heavy atom. The van der Waals surface area contributed by atoms with E-state index in [0.29, 0.717) is 0 Å². The standard InChI is InChI=1S/2Al.3O.2Sn/q2*+3;3*-2;;. The molecular weight excluding hydrogens is 339 g/mol. The molecule has 0 N–H and O–H groups in total. The van der Waals surface area contributed by atoms with Crippen LogP contribution in [0.5, 0.6) is 0 Å². The maximum absolute atomic E-state index is 0. The molecule has 0 heterocycles. The van der Waals surface area contributed by atoms with E-state index in [0.717, 1.165) is 0 Å². The summed E-state index contributed by atoms with van der Waals surface area (Å²) in [5, 5.41) is 0. The summed E-state index contributed by atoms with van der Waals surface area (Å²) in [5.74, 6) is 0. The van der Waals surface area contributed by atoms with E-state index in [4.69, 9.17) is 0 Å². The minimum Gasteiger partial charge on any atom is -2.00 e. The zero-order chi connectivity index (χ0) is 0. The first-order valence-electron chi connectivity index (χ1n) is 0. The Morgan fingerprint density at radius 2 is 0.429 bits per heavy atom. The van der Waals surface area contributed by atoms with Crippen LogP contribution in [0.3, 0.4) is 0 Å². The van der Waals surface area contributed by atoms with Crippen LogP contribution in [-0.2, 0) is 16.4 Å². The summed E-state index contributed by atoms with van der Waals surface area (Å²) in [6.45, 7) is 0. The van der Waals surface area contributed by atoms with E-state index in [1.165, 1.54) is 0 Å². The molecule has 7 heteroatoms. The third-order valence-electron chi connectivity index (χ3n) is 0. The Morgan fingerprint density at radius 1 is 0.429 bits per heavy atom. The van der Waals surface area contributed by atoms with Gasteiger partial charge in [-0.25, -0.2) is 0 Å². The van der Waals surface area contributed by atoms with Gasteiger partial charge in [0.2, 0.25) is 0 Å². The first-order chi connectivity index (χ1) is 0. The van der Waals surface area contributed by atoms with E-state index < -0.39 is 0 Å². The Kier molecular flexibility index (Phi) is 1160. The molecular formula is Al2O3Sn2. The van der Waals surface area contributed by atoms with Gasteiger partial charge in [0.05, 0.1) is 0 Å². The van der Waals surface area contributed by atoms with Gasteiger partial charge in [-0.15, -0.1) is 0 Å². The molecule has 0 fully saturated rings. The minimum absolute atomic E-state index is 0. The van der Waals surface area contributed by atoms with Crippen molar-refractivity contribution in [2.24, 2.45) is 0 Å². The average Bonchev–Trinajstić information content (AvgIpc) is 0. The van der Waals surface area contributed by atoms with Crippen LogP contribution in [0.2, 0.25) is 0 Å². The van der Waals surface area contributed by atoms with E-state index >= 15 is 0 Å². The average molecular weight is 339 g/mol.